The Morgan fingerprint density at radius 3 is 2.66 bits per heavy atom. The van der Waals surface area contributed by atoms with Gasteiger partial charge in [-0.25, -0.2) is 4.39 Å². The maximum atomic E-state index is 13.7. The summed E-state index contributed by atoms with van der Waals surface area (Å²) in [7, 11) is 0. The van der Waals surface area contributed by atoms with Crippen molar-refractivity contribution in [3.8, 4) is 5.75 Å². The van der Waals surface area contributed by atoms with E-state index in [1.807, 2.05) is 30.7 Å². The Morgan fingerprint density at radius 1 is 1.20 bits per heavy atom. The highest BCUT2D eigenvalue weighted by Gasteiger charge is 2.43. The molecule has 41 heavy (non-hydrogen) atoms. The molecule has 0 fully saturated rings. The standard InChI is InChI=1S/C30H39FN4O6/c1-3-18(2)27(34-25(38)17-41-13-11-31)30(40)33-23-9-6-20-10-12-35-16-21(14-24(37)26(23)28(20)35)29(39)32-15-19-4-7-22(36)8-5-19/h4-5,7-8,10,12,18,21,23,26-27,36H,3,6,9,11,13-17H2,1-2H3,(H,32,39)(H,33,40)(H,34,38)/t18?,21-,23-,26?,27?/m0/s1. The first-order chi connectivity index (χ1) is 19.7. The Balaban J connectivity index is 1.46. The van der Waals surface area contributed by atoms with Crippen molar-refractivity contribution >= 4 is 23.5 Å². The van der Waals surface area contributed by atoms with Crippen molar-refractivity contribution < 1.29 is 33.4 Å². The summed E-state index contributed by atoms with van der Waals surface area (Å²) in [6.45, 7) is 3.15. The molecule has 4 N–H and O–H groups in total. The van der Waals surface area contributed by atoms with Gasteiger partial charge in [0.1, 0.15) is 30.9 Å². The van der Waals surface area contributed by atoms with Gasteiger partial charge in [0.15, 0.2) is 0 Å². The van der Waals surface area contributed by atoms with Crippen LogP contribution in [0.5, 0.6) is 5.75 Å². The maximum Gasteiger partial charge on any atom is 0.246 e. The topological polar surface area (TPSA) is 139 Å². The first kappa shape index (κ1) is 30.2. The predicted molar refractivity (Wildman–Crippen MR) is 149 cm³/mol. The van der Waals surface area contributed by atoms with E-state index in [0.29, 0.717) is 25.8 Å². The lowest BCUT2D eigenvalue weighted by atomic mass is 9.79. The number of halogens is 1. The highest BCUT2D eigenvalue weighted by molar-refractivity contribution is 5.93. The molecule has 0 saturated heterocycles. The normalized spacial score (nSPS) is 21.2. The van der Waals surface area contributed by atoms with E-state index in [0.717, 1.165) is 16.8 Å². The third kappa shape index (κ3) is 7.32. The molecule has 1 aromatic carbocycles. The average molecular weight is 571 g/mol. The number of aromatic nitrogens is 1. The van der Waals surface area contributed by atoms with E-state index in [1.165, 1.54) is 0 Å². The molecular formula is C30H39FN4O6. The number of aromatic hydroxyl groups is 1. The van der Waals surface area contributed by atoms with Gasteiger partial charge in [-0.05, 0) is 48.1 Å². The van der Waals surface area contributed by atoms with Gasteiger partial charge in [-0.3, -0.25) is 19.2 Å². The Labute approximate surface area is 239 Å². The van der Waals surface area contributed by atoms with Crippen molar-refractivity contribution in [1.29, 1.82) is 0 Å². The quantitative estimate of drug-likeness (QED) is 0.289. The number of benzene rings is 1. The molecule has 1 aliphatic carbocycles. The second-order valence-corrected chi connectivity index (χ2v) is 10.9. The van der Waals surface area contributed by atoms with Crippen molar-refractivity contribution in [3.05, 3.63) is 53.3 Å². The molecule has 1 aliphatic heterocycles. The van der Waals surface area contributed by atoms with Crippen LogP contribution < -0.4 is 16.0 Å². The van der Waals surface area contributed by atoms with E-state index < -0.39 is 36.5 Å². The molecular weight excluding hydrogens is 531 g/mol. The molecule has 4 rings (SSSR count). The van der Waals surface area contributed by atoms with Crippen LogP contribution in [0.4, 0.5) is 4.39 Å². The summed E-state index contributed by atoms with van der Waals surface area (Å²) in [5.74, 6) is -2.46. The molecule has 10 nitrogen and oxygen atoms in total. The van der Waals surface area contributed by atoms with Crippen molar-refractivity contribution in [1.82, 2.24) is 20.5 Å². The zero-order valence-electron chi connectivity index (χ0n) is 23.5. The summed E-state index contributed by atoms with van der Waals surface area (Å²) >= 11 is 0. The summed E-state index contributed by atoms with van der Waals surface area (Å²) in [5, 5.41) is 18.1. The molecule has 0 spiro atoms. The van der Waals surface area contributed by atoms with Crippen molar-refractivity contribution in [3.63, 3.8) is 0 Å². The van der Waals surface area contributed by atoms with E-state index in [2.05, 4.69) is 16.0 Å². The second kappa shape index (κ2) is 13.8. The Kier molecular flexibility index (Phi) is 10.1. The van der Waals surface area contributed by atoms with Gasteiger partial charge in [-0.2, -0.15) is 0 Å². The molecule has 0 radical (unpaired) electrons. The van der Waals surface area contributed by atoms with E-state index in [4.69, 9.17) is 4.74 Å². The number of phenolic OH excluding ortho intramolecular Hbond substituents is 1. The number of Topliss-reactive ketones (excluding diaryl/α,β-unsaturated/α-hetero) is 1. The third-order valence-corrected chi connectivity index (χ3v) is 8.10. The number of carbonyl (C=O) groups excluding carboxylic acids is 4. The second-order valence-electron chi connectivity index (χ2n) is 10.9. The Morgan fingerprint density at radius 2 is 1.95 bits per heavy atom. The zero-order chi connectivity index (χ0) is 29.5. The average Bonchev–Trinajstić information content (AvgIpc) is 3.29. The smallest absolute Gasteiger partial charge is 0.246 e. The van der Waals surface area contributed by atoms with E-state index in [1.54, 1.807) is 24.3 Å². The number of aryl methyl sites for hydroxylation is 1. The third-order valence-electron chi connectivity index (χ3n) is 8.10. The fraction of sp³-hybridized carbons (Fsp3) is 0.533. The predicted octanol–water partition coefficient (Wildman–Crippen LogP) is 2.13. The first-order valence-electron chi connectivity index (χ1n) is 14.2. The SMILES string of the molecule is CCC(C)C(NC(=O)COCCF)C(=O)N[C@H]1CCc2ccn3c2C1C(=O)C[C@H](C(=O)NCc1ccc(O)cc1)C3. The molecule has 3 unspecified atom stereocenters. The van der Waals surface area contributed by atoms with Crippen LogP contribution in [0.15, 0.2) is 36.5 Å². The van der Waals surface area contributed by atoms with Crippen LogP contribution in [-0.4, -0.2) is 65.2 Å². The van der Waals surface area contributed by atoms with Crippen LogP contribution >= 0.6 is 0 Å². The van der Waals surface area contributed by atoms with Gasteiger partial charge in [0.2, 0.25) is 17.7 Å². The number of hydrogen-bond donors (Lipinski definition) is 4. The summed E-state index contributed by atoms with van der Waals surface area (Å²) in [5.41, 5.74) is 2.70. The minimum Gasteiger partial charge on any atom is -0.508 e. The number of phenols is 1. The number of nitrogens with zero attached hydrogens (tertiary/aromatic N) is 1. The van der Waals surface area contributed by atoms with E-state index in [-0.39, 0.29) is 55.4 Å². The molecule has 2 aromatic rings. The first-order valence-corrected chi connectivity index (χ1v) is 14.2. The summed E-state index contributed by atoms with van der Waals surface area (Å²) < 4.78 is 19.3. The lowest BCUT2D eigenvalue weighted by molar-refractivity contribution is -0.133. The van der Waals surface area contributed by atoms with Crippen LogP contribution in [0, 0.1) is 11.8 Å². The van der Waals surface area contributed by atoms with Crippen LogP contribution in [0.1, 0.15) is 55.8 Å². The number of nitrogens with one attached hydrogen (secondary N) is 3. The fourth-order valence-electron chi connectivity index (χ4n) is 5.68. The number of carbonyl (C=O) groups is 4. The van der Waals surface area contributed by atoms with Gasteiger partial charge >= 0.3 is 0 Å². The highest BCUT2D eigenvalue weighted by atomic mass is 19.1. The molecule has 2 aliphatic rings. The number of ether oxygens (including phenoxy) is 1. The van der Waals surface area contributed by atoms with Crippen molar-refractivity contribution in [2.75, 3.05) is 19.9 Å². The molecule has 222 valence electrons. The molecule has 5 atom stereocenters. The lowest BCUT2D eigenvalue weighted by Crippen LogP contribution is -2.55. The van der Waals surface area contributed by atoms with E-state index >= 15 is 0 Å². The Hall–Kier alpha value is -3.73. The zero-order valence-corrected chi connectivity index (χ0v) is 23.5. The number of rotatable bonds is 12. The number of hydrogen-bond acceptors (Lipinski definition) is 6. The summed E-state index contributed by atoms with van der Waals surface area (Å²) in [6, 6.07) is 7.21. The van der Waals surface area contributed by atoms with Gasteiger partial charge in [0.05, 0.1) is 18.4 Å². The van der Waals surface area contributed by atoms with Crippen LogP contribution in [0.2, 0.25) is 0 Å². The van der Waals surface area contributed by atoms with Gasteiger partial charge in [-0.1, -0.05) is 32.4 Å². The maximum absolute atomic E-state index is 13.7. The molecule has 0 saturated carbocycles. The molecule has 3 amide bonds. The van der Waals surface area contributed by atoms with Crippen LogP contribution in [0.25, 0.3) is 0 Å². The number of amides is 3. The molecule has 11 heteroatoms. The summed E-state index contributed by atoms with van der Waals surface area (Å²) in [6.07, 6.45) is 3.80. The highest BCUT2D eigenvalue weighted by Crippen LogP contribution is 2.38. The van der Waals surface area contributed by atoms with Crippen LogP contribution in [-0.2, 0) is 43.4 Å². The number of alkyl halides is 1. The van der Waals surface area contributed by atoms with E-state index in [9.17, 15) is 28.7 Å². The lowest BCUT2D eigenvalue weighted by Gasteiger charge is -2.34. The number of ketones is 1. The fourth-order valence-corrected chi connectivity index (χ4v) is 5.68. The van der Waals surface area contributed by atoms with Crippen molar-refractivity contribution in [2.45, 2.75) is 70.6 Å². The van der Waals surface area contributed by atoms with Crippen molar-refractivity contribution in [2.24, 2.45) is 11.8 Å². The van der Waals surface area contributed by atoms with Gasteiger partial charge in [-0.15, -0.1) is 0 Å². The van der Waals surface area contributed by atoms with Gasteiger partial charge in [0, 0.05) is 37.4 Å². The molecule has 0 bridgehead atoms. The minimum absolute atomic E-state index is 0.0387. The minimum atomic E-state index is -0.839. The van der Waals surface area contributed by atoms with Gasteiger partial charge in [0.25, 0.3) is 0 Å². The Bertz CT molecular complexity index is 1250. The summed E-state index contributed by atoms with van der Waals surface area (Å²) in [4.78, 5) is 52.7. The largest absolute Gasteiger partial charge is 0.508 e. The molecule has 2 heterocycles. The van der Waals surface area contributed by atoms with Crippen LogP contribution in [0.3, 0.4) is 0 Å². The monoisotopic (exact) mass is 570 g/mol. The van der Waals surface area contributed by atoms with Gasteiger partial charge < -0.3 is 30.4 Å². The molecule has 1 aromatic heterocycles.